The molecule has 0 atom stereocenters. The van der Waals surface area contributed by atoms with Crippen LogP contribution in [0.5, 0.6) is 23.0 Å². The summed E-state index contributed by atoms with van der Waals surface area (Å²) in [5.74, 6) is -1.33. The lowest BCUT2D eigenvalue weighted by Gasteiger charge is -2.25. The van der Waals surface area contributed by atoms with Gasteiger partial charge in [0.1, 0.15) is 22.9 Å². The standard InChI is InChI=1S/C33H32N2O5/c1-3-19-13-25(32(39)27(29(19)36)34-15-21-9-5-6-10-22(21)16-34)31(38)26-14-20(4-2)30(37)28(33(26)40)35-17-23-11-7-8-12-24(23)18-35/h5-14,36-37,39-40H,3-4,15-18H2,1-2H3. The van der Waals surface area contributed by atoms with Crippen LogP contribution in [0.2, 0.25) is 0 Å². The van der Waals surface area contributed by atoms with E-state index in [1.165, 1.54) is 12.1 Å². The fraction of sp³-hybridized carbons (Fsp3) is 0.242. The van der Waals surface area contributed by atoms with Crippen LogP contribution in [0.15, 0.2) is 60.7 Å². The van der Waals surface area contributed by atoms with Gasteiger partial charge in [-0.1, -0.05) is 62.4 Å². The zero-order valence-electron chi connectivity index (χ0n) is 22.6. The summed E-state index contributed by atoms with van der Waals surface area (Å²) in [7, 11) is 0. The molecule has 0 saturated carbocycles. The van der Waals surface area contributed by atoms with Gasteiger partial charge in [0.2, 0.25) is 5.78 Å². The molecule has 0 unspecified atom stereocenters. The molecule has 2 aliphatic rings. The molecule has 4 aromatic rings. The first-order chi connectivity index (χ1) is 19.3. The molecule has 0 saturated heterocycles. The van der Waals surface area contributed by atoms with Crippen LogP contribution in [-0.4, -0.2) is 26.2 Å². The minimum Gasteiger partial charge on any atom is -0.505 e. The second kappa shape index (κ2) is 9.83. The van der Waals surface area contributed by atoms with E-state index in [0.717, 1.165) is 22.3 Å². The van der Waals surface area contributed by atoms with Gasteiger partial charge in [-0.15, -0.1) is 0 Å². The smallest absolute Gasteiger partial charge is 0.200 e. The molecule has 7 nitrogen and oxygen atoms in total. The van der Waals surface area contributed by atoms with Gasteiger partial charge in [-0.3, -0.25) is 4.79 Å². The average molecular weight is 537 g/mol. The number of ketones is 1. The van der Waals surface area contributed by atoms with Gasteiger partial charge in [-0.05, 0) is 58.4 Å². The number of anilines is 2. The average Bonchev–Trinajstić information content (AvgIpc) is 3.57. The van der Waals surface area contributed by atoms with Crippen LogP contribution in [0.3, 0.4) is 0 Å². The third-order valence-electron chi connectivity index (χ3n) is 8.22. The number of carbonyl (C=O) groups excluding carboxylic acids is 1. The van der Waals surface area contributed by atoms with Crippen molar-refractivity contribution in [3.05, 3.63) is 105 Å². The second-order valence-corrected chi connectivity index (χ2v) is 10.5. The number of hydrogen-bond donors (Lipinski definition) is 4. The number of rotatable bonds is 6. The van der Waals surface area contributed by atoms with Gasteiger partial charge >= 0.3 is 0 Å². The molecule has 0 radical (unpaired) electrons. The first kappa shape index (κ1) is 25.6. The summed E-state index contributed by atoms with van der Waals surface area (Å²) in [5.41, 5.74) is 5.84. The Morgan fingerprint density at radius 2 is 0.925 bits per heavy atom. The number of phenols is 4. The van der Waals surface area contributed by atoms with Gasteiger partial charge < -0.3 is 30.2 Å². The van der Waals surface area contributed by atoms with E-state index >= 15 is 0 Å². The Morgan fingerprint density at radius 1 is 0.600 bits per heavy atom. The van der Waals surface area contributed by atoms with Crippen LogP contribution in [0.4, 0.5) is 11.4 Å². The predicted molar refractivity (Wildman–Crippen MR) is 154 cm³/mol. The maximum atomic E-state index is 14.1. The fourth-order valence-corrected chi connectivity index (χ4v) is 6.02. The van der Waals surface area contributed by atoms with Gasteiger partial charge in [-0.2, -0.15) is 0 Å². The molecule has 6 rings (SSSR count). The zero-order valence-corrected chi connectivity index (χ0v) is 22.6. The maximum absolute atomic E-state index is 14.1. The number of hydrogen-bond acceptors (Lipinski definition) is 7. The van der Waals surface area contributed by atoms with E-state index in [1.807, 2.05) is 72.2 Å². The maximum Gasteiger partial charge on any atom is 0.200 e. The Hall–Kier alpha value is -4.65. The number of nitrogens with zero attached hydrogens (tertiary/aromatic N) is 2. The van der Waals surface area contributed by atoms with Crippen molar-refractivity contribution in [2.45, 2.75) is 52.9 Å². The molecule has 4 aromatic carbocycles. The van der Waals surface area contributed by atoms with E-state index in [0.29, 0.717) is 50.1 Å². The quantitative estimate of drug-likeness (QED) is 0.227. The molecule has 2 aliphatic heterocycles. The minimum atomic E-state index is -0.574. The molecule has 0 amide bonds. The molecule has 0 bridgehead atoms. The third-order valence-corrected chi connectivity index (χ3v) is 8.22. The minimum absolute atomic E-state index is 0.000642. The van der Waals surface area contributed by atoms with Crippen molar-refractivity contribution < 1.29 is 25.2 Å². The normalized spacial score (nSPS) is 13.9. The molecule has 0 fully saturated rings. The van der Waals surface area contributed by atoms with Crippen molar-refractivity contribution in [2.24, 2.45) is 0 Å². The van der Waals surface area contributed by atoms with Gasteiger partial charge in [0, 0.05) is 26.2 Å². The summed E-state index contributed by atoms with van der Waals surface area (Å²) in [5, 5.41) is 45.2. The molecule has 0 aliphatic carbocycles. The largest absolute Gasteiger partial charge is 0.505 e. The molecule has 0 spiro atoms. The summed E-state index contributed by atoms with van der Waals surface area (Å²) in [6, 6.07) is 18.9. The fourth-order valence-electron chi connectivity index (χ4n) is 6.02. The molecular formula is C33H32N2O5. The molecule has 4 N–H and O–H groups in total. The molecule has 204 valence electrons. The Labute approximate surface area is 233 Å². The van der Waals surface area contributed by atoms with Crippen LogP contribution in [-0.2, 0) is 39.0 Å². The monoisotopic (exact) mass is 536 g/mol. The van der Waals surface area contributed by atoms with Crippen molar-refractivity contribution in [1.29, 1.82) is 0 Å². The molecule has 2 heterocycles. The van der Waals surface area contributed by atoms with Crippen LogP contribution >= 0.6 is 0 Å². The van der Waals surface area contributed by atoms with Crippen LogP contribution in [0, 0.1) is 0 Å². The number of benzene rings is 4. The number of fused-ring (bicyclic) bond motifs is 2. The topological polar surface area (TPSA) is 104 Å². The van der Waals surface area contributed by atoms with Crippen LogP contribution in [0.1, 0.15) is 63.1 Å². The lowest BCUT2D eigenvalue weighted by atomic mass is 9.93. The van der Waals surface area contributed by atoms with E-state index in [1.54, 1.807) is 0 Å². The lowest BCUT2D eigenvalue weighted by Crippen LogP contribution is -2.18. The summed E-state index contributed by atoms with van der Waals surface area (Å²) in [6.45, 7) is 5.70. The molecule has 40 heavy (non-hydrogen) atoms. The first-order valence-electron chi connectivity index (χ1n) is 13.7. The van der Waals surface area contributed by atoms with Crippen molar-refractivity contribution in [3.63, 3.8) is 0 Å². The van der Waals surface area contributed by atoms with Crippen molar-refractivity contribution in [1.82, 2.24) is 0 Å². The van der Waals surface area contributed by atoms with Crippen LogP contribution in [0.25, 0.3) is 0 Å². The Balaban J connectivity index is 1.45. The number of aromatic hydroxyl groups is 4. The Bertz CT molecular complexity index is 1490. The van der Waals surface area contributed by atoms with Gasteiger partial charge in [0.15, 0.2) is 11.5 Å². The summed E-state index contributed by atoms with van der Waals surface area (Å²) >= 11 is 0. The Morgan fingerprint density at radius 3 is 1.23 bits per heavy atom. The second-order valence-electron chi connectivity index (χ2n) is 10.5. The summed E-state index contributed by atoms with van der Waals surface area (Å²) in [4.78, 5) is 17.8. The van der Waals surface area contributed by atoms with Crippen molar-refractivity contribution in [3.8, 4) is 23.0 Å². The van der Waals surface area contributed by atoms with Gasteiger partial charge in [-0.25, -0.2) is 0 Å². The van der Waals surface area contributed by atoms with E-state index < -0.39 is 5.78 Å². The van der Waals surface area contributed by atoms with Crippen molar-refractivity contribution >= 4 is 17.2 Å². The zero-order chi connectivity index (χ0) is 28.1. The highest BCUT2D eigenvalue weighted by Crippen LogP contribution is 2.49. The Kier molecular flexibility index (Phi) is 6.29. The molecule has 7 heteroatoms. The SMILES string of the molecule is CCc1cc(C(=O)c2cc(CC)c(O)c(N3Cc4ccccc4C3)c2O)c(O)c(N2Cc3ccccc3C2)c1O. The van der Waals surface area contributed by atoms with E-state index in [-0.39, 0.29) is 45.5 Å². The summed E-state index contributed by atoms with van der Waals surface area (Å²) < 4.78 is 0. The third kappa shape index (κ3) is 4.01. The highest BCUT2D eigenvalue weighted by Gasteiger charge is 2.32. The predicted octanol–water partition coefficient (Wildman–Crippen LogP) is 5.91. The first-order valence-corrected chi connectivity index (χ1v) is 13.7. The van der Waals surface area contributed by atoms with E-state index in [9.17, 15) is 25.2 Å². The number of aryl methyl sites for hydroxylation is 2. The van der Waals surface area contributed by atoms with Crippen LogP contribution < -0.4 is 9.80 Å². The molecule has 0 aromatic heterocycles. The number of phenolic OH excluding ortho intramolecular Hbond substituents is 4. The van der Waals surface area contributed by atoms with E-state index in [2.05, 4.69) is 0 Å². The lowest BCUT2D eigenvalue weighted by molar-refractivity contribution is 0.103. The van der Waals surface area contributed by atoms with Crippen molar-refractivity contribution in [2.75, 3.05) is 9.80 Å². The van der Waals surface area contributed by atoms with E-state index in [4.69, 9.17) is 0 Å². The van der Waals surface area contributed by atoms with Gasteiger partial charge in [0.05, 0.1) is 11.1 Å². The number of carbonyl (C=O) groups is 1. The highest BCUT2D eigenvalue weighted by atomic mass is 16.3. The molecular weight excluding hydrogens is 504 g/mol. The highest BCUT2D eigenvalue weighted by molar-refractivity contribution is 6.15. The van der Waals surface area contributed by atoms with Gasteiger partial charge in [0.25, 0.3) is 0 Å². The summed E-state index contributed by atoms with van der Waals surface area (Å²) in [6.07, 6.45) is 0.887.